The molecule has 0 saturated heterocycles. The van der Waals surface area contributed by atoms with Crippen LogP contribution in [0.1, 0.15) is 47.4 Å². The van der Waals surface area contributed by atoms with Gasteiger partial charge in [0, 0.05) is 18.7 Å². The molecular weight excluding hydrogens is 443 g/mol. The molecule has 168 valence electrons. The van der Waals surface area contributed by atoms with Crippen molar-refractivity contribution in [3.05, 3.63) is 82.3 Å². The van der Waals surface area contributed by atoms with Crippen molar-refractivity contribution in [2.24, 2.45) is 0 Å². The summed E-state index contributed by atoms with van der Waals surface area (Å²) in [6.07, 6.45) is 9.15. The molecule has 1 aromatic carbocycles. The number of pyridine rings is 1. The van der Waals surface area contributed by atoms with Gasteiger partial charge < -0.3 is 9.30 Å². The summed E-state index contributed by atoms with van der Waals surface area (Å²) in [5, 5.41) is 4.74. The van der Waals surface area contributed by atoms with E-state index in [0.717, 1.165) is 47.8 Å². The fraction of sp³-hybridized carbons (Fsp3) is 0.250. The third-order valence-electron chi connectivity index (χ3n) is 5.69. The maximum absolute atomic E-state index is 14.0. The molecule has 4 heterocycles. The monoisotopic (exact) mass is 464 g/mol. The molecule has 1 aliphatic heterocycles. The second-order valence-corrected chi connectivity index (χ2v) is 8.35. The highest BCUT2D eigenvalue weighted by Crippen LogP contribution is 2.33. The lowest BCUT2D eigenvalue weighted by Gasteiger charge is -2.22. The molecular formula is C24H22ClFN6O. The Morgan fingerprint density at radius 3 is 2.82 bits per heavy atom. The van der Waals surface area contributed by atoms with E-state index in [-0.39, 0.29) is 10.9 Å². The summed E-state index contributed by atoms with van der Waals surface area (Å²) >= 11 is 5.85. The molecule has 0 aliphatic carbocycles. The van der Waals surface area contributed by atoms with E-state index in [2.05, 4.69) is 15.1 Å². The lowest BCUT2D eigenvalue weighted by molar-refractivity contribution is 0.395. The summed E-state index contributed by atoms with van der Waals surface area (Å²) in [4.78, 5) is 13.6. The van der Waals surface area contributed by atoms with Crippen LogP contribution in [-0.2, 0) is 6.54 Å². The van der Waals surface area contributed by atoms with Gasteiger partial charge in [-0.05, 0) is 61.7 Å². The van der Waals surface area contributed by atoms with Crippen molar-refractivity contribution >= 4 is 23.8 Å². The number of imidazole rings is 1. The average molecular weight is 465 g/mol. The molecule has 0 spiro atoms. The standard InChI is InChI=1S/C24H22ClFN6O/c1-15-13-31(14-27-15)21-9-6-17(28-24(21)33-2)7-10-22-29-23-18(4-3-11-32(23)30-22)16-5-8-19(25)20(26)12-16/h5-10,12-14,18H,3-4,11H2,1-2H3/b10-7+/t18-/m0/s1. The van der Waals surface area contributed by atoms with Gasteiger partial charge in [0.15, 0.2) is 5.82 Å². The number of fused-ring (bicyclic) bond motifs is 1. The first-order valence-corrected chi connectivity index (χ1v) is 11.0. The Hall–Kier alpha value is -3.52. The molecule has 33 heavy (non-hydrogen) atoms. The second-order valence-electron chi connectivity index (χ2n) is 7.94. The maximum atomic E-state index is 14.0. The highest BCUT2D eigenvalue weighted by atomic mass is 35.5. The molecule has 9 heteroatoms. The van der Waals surface area contributed by atoms with Gasteiger partial charge in [-0.1, -0.05) is 17.7 Å². The van der Waals surface area contributed by atoms with Gasteiger partial charge in [0.25, 0.3) is 0 Å². The van der Waals surface area contributed by atoms with Crippen LogP contribution in [0.15, 0.2) is 42.9 Å². The van der Waals surface area contributed by atoms with Crippen molar-refractivity contribution in [2.75, 3.05) is 7.11 Å². The van der Waals surface area contributed by atoms with Crippen LogP contribution in [0.2, 0.25) is 5.02 Å². The van der Waals surface area contributed by atoms with Crippen molar-refractivity contribution in [3.63, 3.8) is 0 Å². The summed E-state index contributed by atoms with van der Waals surface area (Å²) in [5.74, 6) is 1.48. The number of aryl methyl sites for hydroxylation is 2. The Balaban J connectivity index is 1.41. The number of hydrogen-bond acceptors (Lipinski definition) is 5. The largest absolute Gasteiger partial charge is 0.479 e. The summed E-state index contributed by atoms with van der Waals surface area (Å²) < 4.78 is 23.3. The highest BCUT2D eigenvalue weighted by molar-refractivity contribution is 6.30. The van der Waals surface area contributed by atoms with Crippen LogP contribution in [0.4, 0.5) is 4.39 Å². The van der Waals surface area contributed by atoms with Crippen molar-refractivity contribution in [2.45, 2.75) is 32.2 Å². The third-order valence-corrected chi connectivity index (χ3v) is 5.99. The Morgan fingerprint density at radius 2 is 2.06 bits per heavy atom. The number of nitrogens with zero attached hydrogens (tertiary/aromatic N) is 6. The molecule has 0 bridgehead atoms. The molecule has 0 N–H and O–H groups in total. The third kappa shape index (κ3) is 4.26. The minimum atomic E-state index is -0.416. The highest BCUT2D eigenvalue weighted by Gasteiger charge is 2.26. The second kappa shape index (κ2) is 8.78. The number of rotatable bonds is 5. The maximum Gasteiger partial charge on any atom is 0.238 e. The Kier molecular flexibility index (Phi) is 5.68. The van der Waals surface area contributed by atoms with Gasteiger partial charge in [-0.2, -0.15) is 5.10 Å². The normalized spacial score (nSPS) is 15.7. The molecule has 3 aromatic heterocycles. The number of methoxy groups -OCH3 is 1. The number of aromatic nitrogens is 6. The Labute approximate surface area is 195 Å². The molecule has 7 nitrogen and oxygen atoms in total. The fourth-order valence-corrected chi connectivity index (χ4v) is 4.20. The van der Waals surface area contributed by atoms with Crippen LogP contribution in [0.3, 0.4) is 0 Å². The van der Waals surface area contributed by atoms with Crippen LogP contribution in [0, 0.1) is 12.7 Å². The van der Waals surface area contributed by atoms with Crippen molar-refractivity contribution in [3.8, 4) is 11.6 Å². The first kappa shape index (κ1) is 21.3. The number of benzene rings is 1. The molecule has 4 aromatic rings. The summed E-state index contributed by atoms with van der Waals surface area (Å²) in [6, 6.07) is 8.78. The topological polar surface area (TPSA) is 70.7 Å². The minimum Gasteiger partial charge on any atom is -0.479 e. The SMILES string of the molecule is COc1nc(/C=C/c2nc3n(n2)CCC[C@H]3c2ccc(Cl)c(F)c2)ccc1-n1cnc(C)c1. The molecule has 0 amide bonds. The number of ether oxygens (including phenoxy) is 1. The van der Waals surface area contributed by atoms with Crippen LogP contribution in [-0.4, -0.2) is 36.4 Å². The summed E-state index contributed by atoms with van der Waals surface area (Å²) in [6.45, 7) is 2.72. The molecule has 0 fully saturated rings. The van der Waals surface area contributed by atoms with E-state index in [9.17, 15) is 4.39 Å². The van der Waals surface area contributed by atoms with Gasteiger partial charge in [-0.3, -0.25) is 0 Å². The lowest BCUT2D eigenvalue weighted by Crippen LogP contribution is -2.18. The van der Waals surface area contributed by atoms with Gasteiger partial charge in [-0.15, -0.1) is 0 Å². The lowest BCUT2D eigenvalue weighted by atomic mass is 9.91. The van der Waals surface area contributed by atoms with Crippen molar-refractivity contribution in [1.29, 1.82) is 0 Å². The predicted molar refractivity (Wildman–Crippen MR) is 124 cm³/mol. The van der Waals surface area contributed by atoms with E-state index in [1.165, 1.54) is 6.07 Å². The van der Waals surface area contributed by atoms with Crippen LogP contribution >= 0.6 is 11.6 Å². The van der Waals surface area contributed by atoms with Gasteiger partial charge in [0.2, 0.25) is 5.88 Å². The van der Waals surface area contributed by atoms with Crippen molar-refractivity contribution in [1.82, 2.24) is 29.3 Å². The van der Waals surface area contributed by atoms with Gasteiger partial charge >= 0.3 is 0 Å². The van der Waals surface area contributed by atoms with Gasteiger partial charge in [0.1, 0.15) is 17.3 Å². The smallest absolute Gasteiger partial charge is 0.238 e. The quantitative estimate of drug-likeness (QED) is 0.412. The molecule has 1 atom stereocenters. The van der Waals surface area contributed by atoms with Crippen LogP contribution < -0.4 is 4.74 Å². The zero-order valence-corrected chi connectivity index (χ0v) is 19.0. The Morgan fingerprint density at radius 1 is 1.18 bits per heavy atom. The number of hydrogen-bond donors (Lipinski definition) is 0. The first-order chi connectivity index (χ1) is 16.0. The van der Waals surface area contributed by atoms with E-state index in [0.29, 0.717) is 11.7 Å². The van der Waals surface area contributed by atoms with Gasteiger partial charge in [-0.25, -0.2) is 24.0 Å². The van der Waals surface area contributed by atoms with E-state index >= 15 is 0 Å². The molecule has 0 radical (unpaired) electrons. The molecule has 0 unspecified atom stereocenters. The van der Waals surface area contributed by atoms with Crippen molar-refractivity contribution < 1.29 is 9.13 Å². The summed E-state index contributed by atoms with van der Waals surface area (Å²) in [7, 11) is 1.59. The van der Waals surface area contributed by atoms with E-state index in [1.807, 2.05) is 52.7 Å². The molecule has 0 saturated carbocycles. The van der Waals surface area contributed by atoms with E-state index < -0.39 is 5.82 Å². The fourth-order valence-electron chi connectivity index (χ4n) is 4.08. The zero-order valence-electron chi connectivity index (χ0n) is 18.2. The zero-order chi connectivity index (χ0) is 22.9. The van der Waals surface area contributed by atoms with Gasteiger partial charge in [0.05, 0.1) is 29.8 Å². The first-order valence-electron chi connectivity index (χ1n) is 10.7. The number of halogens is 2. The minimum absolute atomic E-state index is 0.0173. The van der Waals surface area contributed by atoms with E-state index in [1.54, 1.807) is 19.5 Å². The van der Waals surface area contributed by atoms with E-state index in [4.69, 9.17) is 21.3 Å². The van der Waals surface area contributed by atoms with Crippen LogP contribution in [0.25, 0.3) is 17.8 Å². The summed E-state index contributed by atoms with van der Waals surface area (Å²) in [5.41, 5.74) is 3.30. The average Bonchev–Trinajstić information content (AvgIpc) is 3.45. The molecule has 1 aliphatic rings. The Bertz CT molecular complexity index is 1340. The molecule has 5 rings (SSSR count). The predicted octanol–water partition coefficient (Wildman–Crippen LogP) is 5.06. The van der Waals surface area contributed by atoms with Crippen LogP contribution in [0.5, 0.6) is 5.88 Å².